The second kappa shape index (κ2) is 5.12. The Balaban J connectivity index is 2.02. The van der Waals surface area contributed by atoms with E-state index in [4.69, 9.17) is 9.52 Å². The van der Waals surface area contributed by atoms with Crippen molar-refractivity contribution in [3.05, 3.63) is 59.2 Å². The highest BCUT2D eigenvalue weighted by Gasteiger charge is 2.18. The maximum Gasteiger partial charge on any atom is 0.155 e. The zero-order valence-electron chi connectivity index (χ0n) is 12.0. The number of aliphatic hydroxyl groups is 1. The third kappa shape index (κ3) is 1.98. The monoisotopic (exact) mass is 310 g/mol. The smallest absolute Gasteiger partial charge is 0.155 e. The molecule has 0 unspecified atom stereocenters. The third-order valence-corrected chi connectivity index (χ3v) is 4.53. The SMILES string of the molecule is Cc1cccc2c1c(-c1ccc(CO)o1)nn2-c1cccs1. The fraction of sp³-hybridized carbons (Fsp3) is 0.118. The molecule has 0 amide bonds. The van der Waals surface area contributed by atoms with Crippen molar-refractivity contribution >= 4 is 22.2 Å². The molecule has 4 rings (SSSR count). The number of aromatic nitrogens is 2. The molecule has 22 heavy (non-hydrogen) atoms. The van der Waals surface area contributed by atoms with Gasteiger partial charge in [-0.05, 0) is 48.2 Å². The number of fused-ring (bicyclic) bond motifs is 1. The largest absolute Gasteiger partial charge is 0.457 e. The molecule has 110 valence electrons. The summed E-state index contributed by atoms with van der Waals surface area (Å²) in [5.74, 6) is 1.22. The summed E-state index contributed by atoms with van der Waals surface area (Å²) in [4.78, 5) is 0. The van der Waals surface area contributed by atoms with E-state index in [0.717, 1.165) is 27.2 Å². The Morgan fingerprint density at radius 1 is 1.18 bits per heavy atom. The van der Waals surface area contributed by atoms with Crippen LogP contribution in [0.2, 0.25) is 0 Å². The number of benzene rings is 1. The maximum absolute atomic E-state index is 9.20. The quantitative estimate of drug-likeness (QED) is 0.618. The number of nitrogens with zero attached hydrogens (tertiary/aromatic N) is 2. The van der Waals surface area contributed by atoms with E-state index in [1.54, 1.807) is 17.4 Å². The Hall–Kier alpha value is -2.37. The van der Waals surface area contributed by atoms with Gasteiger partial charge in [0, 0.05) is 5.39 Å². The van der Waals surface area contributed by atoms with E-state index in [9.17, 15) is 5.11 Å². The van der Waals surface area contributed by atoms with Gasteiger partial charge in [0.1, 0.15) is 23.1 Å². The number of rotatable bonds is 3. The number of furan rings is 1. The van der Waals surface area contributed by atoms with Gasteiger partial charge in [-0.25, -0.2) is 4.68 Å². The molecule has 0 spiro atoms. The number of aryl methyl sites for hydroxylation is 1. The van der Waals surface area contributed by atoms with Crippen LogP contribution in [0.3, 0.4) is 0 Å². The van der Waals surface area contributed by atoms with Gasteiger partial charge in [-0.3, -0.25) is 0 Å². The molecule has 0 saturated heterocycles. The average Bonchev–Trinajstić information content (AvgIpc) is 3.26. The lowest BCUT2D eigenvalue weighted by atomic mass is 10.1. The van der Waals surface area contributed by atoms with Crippen LogP contribution in [0.15, 0.2) is 52.3 Å². The van der Waals surface area contributed by atoms with Gasteiger partial charge in [-0.2, -0.15) is 5.10 Å². The summed E-state index contributed by atoms with van der Waals surface area (Å²) in [6.07, 6.45) is 0. The highest BCUT2D eigenvalue weighted by Crippen LogP contribution is 2.33. The molecule has 1 N–H and O–H groups in total. The maximum atomic E-state index is 9.20. The molecule has 4 nitrogen and oxygen atoms in total. The lowest BCUT2D eigenvalue weighted by Gasteiger charge is -1.99. The van der Waals surface area contributed by atoms with E-state index in [-0.39, 0.29) is 6.61 Å². The molecular formula is C17H14N2O2S. The van der Waals surface area contributed by atoms with Crippen LogP contribution in [0.4, 0.5) is 0 Å². The van der Waals surface area contributed by atoms with Crippen molar-refractivity contribution in [2.75, 3.05) is 0 Å². The van der Waals surface area contributed by atoms with Gasteiger partial charge in [0.2, 0.25) is 0 Å². The molecule has 0 aliphatic carbocycles. The molecule has 0 radical (unpaired) electrons. The van der Waals surface area contributed by atoms with Gasteiger partial charge < -0.3 is 9.52 Å². The molecule has 4 aromatic rings. The van der Waals surface area contributed by atoms with Gasteiger partial charge in [0.05, 0.1) is 5.52 Å². The lowest BCUT2D eigenvalue weighted by Crippen LogP contribution is -1.92. The van der Waals surface area contributed by atoms with Gasteiger partial charge in [0.25, 0.3) is 0 Å². The molecule has 5 heteroatoms. The second-order valence-electron chi connectivity index (χ2n) is 5.10. The van der Waals surface area contributed by atoms with Gasteiger partial charge >= 0.3 is 0 Å². The molecule has 0 fully saturated rings. The standard InChI is InChI=1S/C17H14N2O2S/c1-11-4-2-5-13-16(11)17(14-8-7-12(10-20)21-14)18-19(13)15-6-3-9-22-15/h2-9,20H,10H2,1H3. The van der Waals surface area contributed by atoms with Gasteiger partial charge in [-0.15, -0.1) is 11.3 Å². The van der Waals surface area contributed by atoms with E-state index in [1.165, 1.54) is 0 Å². The Morgan fingerprint density at radius 3 is 2.82 bits per heavy atom. The minimum atomic E-state index is -0.109. The van der Waals surface area contributed by atoms with Crippen molar-refractivity contribution < 1.29 is 9.52 Å². The fourth-order valence-electron chi connectivity index (χ4n) is 2.66. The van der Waals surface area contributed by atoms with Gasteiger partial charge in [0.15, 0.2) is 5.76 Å². The first-order valence-corrected chi connectivity index (χ1v) is 7.88. The predicted octanol–water partition coefficient (Wildman–Crippen LogP) is 4.15. The second-order valence-corrected chi connectivity index (χ2v) is 6.03. The molecule has 0 aliphatic rings. The van der Waals surface area contributed by atoms with Crippen LogP contribution >= 0.6 is 11.3 Å². The Bertz CT molecular complexity index is 935. The molecule has 0 saturated carbocycles. The van der Waals surface area contributed by atoms with Crippen molar-refractivity contribution in [1.82, 2.24) is 9.78 Å². The molecular weight excluding hydrogens is 296 g/mol. The fourth-order valence-corrected chi connectivity index (χ4v) is 3.35. The molecule has 0 aliphatic heterocycles. The van der Waals surface area contributed by atoms with E-state index in [0.29, 0.717) is 11.5 Å². The number of thiophene rings is 1. The Kier molecular flexibility index (Phi) is 3.10. The van der Waals surface area contributed by atoms with Crippen molar-refractivity contribution in [2.24, 2.45) is 0 Å². The lowest BCUT2D eigenvalue weighted by molar-refractivity contribution is 0.248. The first-order chi connectivity index (χ1) is 10.8. The van der Waals surface area contributed by atoms with Crippen LogP contribution < -0.4 is 0 Å². The van der Waals surface area contributed by atoms with Crippen LogP contribution in [0.5, 0.6) is 0 Å². The predicted molar refractivity (Wildman–Crippen MR) is 87.3 cm³/mol. The summed E-state index contributed by atoms with van der Waals surface area (Å²) in [5.41, 5.74) is 3.01. The van der Waals surface area contributed by atoms with Crippen molar-refractivity contribution in [2.45, 2.75) is 13.5 Å². The zero-order chi connectivity index (χ0) is 15.1. The first kappa shape index (κ1) is 13.3. The number of hydrogen-bond donors (Lipinski definition) is 1. The van der Waals surface area contributed by atoms with Crippen molar-refractivity contribution in [1.29, 1.82) is 0 Å². The molecule has 1 aromatic carbocycles. The topological polar surface area (TPSA) is 51.2 Å². The van der Waals surface area contributed by atoms with Crippen molar-refractivity contribution in [3.8, 4) is 16.5 Å². The van der Waals surface area contributed by atoms with Crippen LogP contribution in [0, 0.1) is 6.92 Å². The highest BCUT2D eigenvalue weighted by atomic mass is 32.1. The zero-order valence-corrected chi connectivity index (χ0v) is 12.8. The highest BCUT2D eigenvalue weighted by molar-refractivity contribution is 7.12. The van der Waals surface area contributed by atoms with Crippen molar-refractivity contribution in [3.63, 3.8) is 0 Å². The molecule has 0 atom stereocenters. The van der Waals surface area contributed by atoms with Gasteiger partial charge in [-0.1, -0.05) is 12.1 Å². The van der Waals surface area contributed by atoms with E-state index in [1.807, 2.05) is 34.3 Å². The Labute approximate surface area is 131 Å². The summed E-state index contributed by atoms with van der Waals surface area (Å²) >= 11 is 1.64. The number of hydrogen-bond acceptors (Lipinski definition) is 4. The third-order valence-electron chi connectivity index (χ3n) is 3.68. The normalized spacial score (nSPS) is 11.4. The van der Waals surface area contributed by atoms with Crippen LogP contribution in [0.25, 0.3) is 27.4 Å². The average molecular weight is 310 g/mol. The van der Waals surface area contributed by atoms with Crippen LogP contribution in [-0.4, -0.2) is 14.9 Å². The van der Waals surface area contributed by atoms with E-state index < -0.39 is 0 Å². The summed E-state index contributed by atoms with van der Waals surface area (Å²) < 4.78 is 7.64. The van der Waals surface area contributed by atoms with Crippen LogP contribution in [-0.2, 0) is 6.61 Å². The first-order valence-electron chi connectivity index (χ1n) is 7.00. The minimum absolute atomic E-state index is 0.109. The van der Waals surface area contributed by atoms with Crippen LogP contribution in [0.1, 0.15) is 11.3 Å². The molecule has 3 heterocycles. The molecule has 0 bridgehead atoms. The van der Waals surface area contributed by atoms with E-state index in [2.05, 4.69) is 19.1 Å². The van der Waals surface area contributed by atoms with E-state index >= 15 is 0 Å². The molecule has 3 aromatic heterocycles. The summed E-state index contributed by atoms with van der Waals surface area (Å²) in [7, 11) is 0. The summed E-state index contributed by atoms with van der Waals surface area (Å²) in [5, 5.41) is 18.1. The Morgan fingerprint density at radius 2 is 2.09 bits per heavy atom. The number of aliphatic hydroxyl groups excluding tert-OH is 1. The summed E-state index contributed by atoms with van der Waals surface area (Å²) in [6, 6.07) is 13.9. The minimum Gasteiger partial charge on any atom is -0.457 e. The summed E-state index contributed by atoms with van der Waals surface area (Å²) in [6.45, 7) is 1.96.